The Labute approximate surface area is 143 Å². The minimum atomic E-state index is -0.427. The third kappa shape index (κ3) is 4.87. The summed E-state index contributed by atoms with van der Waals surface area (Å²) in [5.41, 5.74) is 1.69. The van der Waals surface area contributed by atoms with E-state index in [-0.39, 0.29) is 12.5 Å². The quantitative estimate of drug-likeness (QED) is 0.802. The average molecular weight is 353 g/mol. The van der Waals surface area contributed by atoms with Crippen molar-refractivity contribution in [2.45, 2.75) is 0 Å². The van der Waals surface area contributed by atoms with E-state index < -0.39 is 5.97 Å². The number of hydrogen-bond donors (Lipinski definition) is 2. The fraction of sp³-hybridized carbons (Fsp3) is 0.125. The molecule has 2 aromatic rings. The maximum atomic E-state index is 11.9. The van der Waals surface area contributed by atoms with Gasteiger partial charge in [-0.2, -0.15) is 0 Å². The molecule has 2 N–H and O–H groups in total. The molecule has 0 saturated carbocycles. The number of esters is 1. The predicted molar refractivity (Wildman–Crippen MR) is 91.4 cm³/mol. The first-order chi connectivity index (χ1) is 11.0. The molecule has 0 aliphatic carbocycles. The number of benzene rings is 2. The van der Waals surface area contributed by atoms with Crippen LogP contribution in [-0.4, -0.2) is 25.5 Å². The fourth-order valence-corrected chi connectivity index (χ4v) is 2.10. The van der Waals surface area contributed by atoms with E-state index in [0.29, 0.717) is 27.0 Å². The summed E-state index contributed by atoms with van der Waals surface area (Å²) in [5.74, 6) is -0.661. The lowest BCUT2D eigenvalue weighted by atomic mass is 10.2. The molecule has 1 amide bonds. The van der Waals surface area contributed by atoms with Crippen LogP contribution in [-0.2, 0) is 9.53 Å². The molecule has 2 aromatic carbocycles. The van der Waals surface area contributed by atoms with Crippen molar-refractivity contribution in [3.63, 3.8) is 0 Å². The van der Waals surface area contributed by atoms with Crippen LogP contribution in [0.2, 0.25) is 10.0 Å². The Balaban J connectivity index is 1.89. The lowest BCUT2D eigenvalue weighted by Gasteiger charge is -2.09. The standard InChI is InChI=1S/C16H14Cl2N2O3/c1-23-16(22)10-2-4-11(5-3-10)20-15(21)9-19-12-6-7-13(17)14(18)8-12/h2-8,19H,9H2,1H3,(H,20,21). The van der Waals surface area contributed by atoms with E-state index >= 15 is 0 Å². The highest BCUT2D eigenvalue weighted by molar-refractivity contribution is 6.42. The topological polar surface area (TPSA) is 67.4 Å². The molecular formula is C16H14Cl2N2O3. The summed E-state index contributed by atoms with van der Waals surface area (Å²) >= 11 is 11.7. The van der Waals surface area contributed by atoms with Gasteiger partial charge in [0, 0.05) is 11.4 Å². The van der Waals surface area contributed by atoms with Gasteiger partial charge in [0.25, 0.3) is 0 Å². The van der Waals surface area contributed by atoms with Crippen LogP contribution in [0.25, 0.3) is 0 Å². The normalized spacial score (nSPS) is 10.0. The van der Waals surface area contributed by atoms with Gasteiger partial charge in [0.15, 0.2) is 0 Å². The largest absolute Gasteiger partial charge is 0.465 e. The van der Waals surface area contributed by atoms with Gasteiger partial charge in [-0.25, -0.2) is 4.79 Å². The third-order valence-electron chi connectivity index (χ3n) is 2.96. The Morgan fingerprint density at radius 2 is 1.65 bits per heavy atom. The van der Waals surface area contributed by atoms with Crippen molar-refractivity contribution in [3.05, 3.63) is 58.1 Å². The fourth-order valence-electron chi connectivity index (χ4n) is 1.80. The Hall–Kier alpha value is -2.24. The number of rotatable bonds is 5. The molecule has 0 aliphatic heterocycles. The summed E-state index contributed by atoms with van der Waals surface area (Å²) in [6.45, 7) is 0.0662. The van der Waals surface area contributed by atoms with Crippen LogP contribution < -0.4 is 10.6 Å². The lowest BCUT2D eigenvalue weighted by Crippen LogP contribution is -2.21. The van der Waals surface area contributed by atoms with E-state index in [0.717, 1.165) is 0 Å². The minimum absolute atomic E-state index is 0.0662. The van der Waals surface area contributed by atoms with Gasteiger partial charge in [0.05, 0.1) is 29.3 Å². The number of carbonyl (C=O) groups excluding carboxylic acids is 2. The number of ether oxygens (including phenoxy) is 1. The van der Waals surface area contributed by atoms with Crippen molar-refractivity contribution in [3.8, 4) is 0 Å². The molecule has 0 heterocycles. The summed E-state index contributed by atoms with van der Waals surface area (Å²) in [5, 5.41) is 6.52. The molecule has 0 unspecified atom stereocenters. The predicted octanol–water partition coefficient (Wildman–Crippen LogP) is 3.83. The summed E-state index contributed by atoms with van der Waals surface area (Å²) < 4.78 is 4.61. The molecular weight excluding hydrogens is 339 g/mol. The van der Waals surface area contributed by atoms with Crippen LogP contribution in [0.1, 0.15) is 10.4 Å². The van der Waals surface area contributed by atoms with Crippen LogP contribution in [0.15, 0.2) is 42.5 Å². The first-order valence-corrected chi connectivity index (χ1v) is 7.42. The van der Waals surface area contributed by atoms with Crippen molar-refractivity contribution in [2.75, 3.05) is 24.3 Å². The zero-order valence-electron chi connectivity index (χ0n) is 12.2. The Morgan fingerprint density at radius 3 is 2.26 bits per heavy atom. The SMILES string of the molecule is COC(=O)c1ccc(NC(=O)CNc2ccc(Cl)c(Cl)c2)cc1. The Bertz CT molecular complexity index is 718. The first kappa shape index (κ1) is 17.1. The minimum Gasteiger partial charge on any atom is -0.465 e. The van der Waals surface area contributed by atoms with Crippen LogP contribution >= 0.6 is 23.2 Å². The first-order valence-electron chi connectivity index (χ1n) is 6.67. The Morgan fingerprint density at radius 1 is 1.00 bits per heavy atom. The van der Waals surface area contributed by atoms with E-state index in [1.54, 1.807) is 42.5 Å². The van der Waals surface area contributed by atoms with Gasteiger partial charge < -0.3 is 15.4 Å². The molecule has 5 nitrogen and oxygen atoms in total. The van der Waals surface area contributed by atoms with Crippen molar-refractivity contribution in [1.82, 2.24) is 0 Å². The summed E-state index contributed by atoms with van der Waals surface area (Å²) in [6.07, 6.45) is 0. The highest BCUT2D eigenvalue weighted by Crippen LogP contribution is 2.24. The molecule has 0 aromatic heterocycles. The van der Waals surface area contributed by atoms with Gasteiger partial charge in [-0.1, -0.05) is 23.2 Å². The molecule has 0 radical (unpaired) electrons. The summed E-state index contributed by atoms with van der Waals surface area (Å²) in [7, 11) is 1.31. The van der Waals surface area contributed by atoms with E-state index in [4.69, 9.17) is 23.2 Å². The van der Waals surface area contributed by atoms with E-state index in [9.17, 15) is 9.59 Å². The van der Waals surface area contributed by atoms with Crippen molar-refractivity contribution in [2.24, 2.45) is 0 Å². The molecule has 2 rings (SSSR count). The van der Waals surface area contributed by atoms with Crippen LogP contribution in [0.3, 0.4) is 0 Å². The van der Waals surface area contributed by atoms with Crippen LogP contribution in [0.4, 0.5) is 11.4 Å². The highest BCUT2D eigenvalue weighted by atomic mass is 35.5. The highest BCUT2D eigenvalue weighted by Gasteiger charge is 2.07. The van der Waals surface area contributed by atoms with E-state index in [2.05, 4.69) is 15.4 Å². The maximum Gasteiger partial charge on any atom is 0.337 e. The molecule has 0 spiro atoms. The molecule has 7 heteroatoms. The number of hydrogen-bond acceptors (Lipinski definition) is 4. The second kappa shape index (κ2) is 7.85. The van der Waals surface area contributed by atoms with Crippen molar-refractivity contribution >= 4 is 46.5 Å². The van der Waals surface area contributed by atoms with Gasteiger partial charge in [-0.15, -0.1) is 0 Å². The zero-order valence-corrected chi connectivity index (χ0v) is 13.7. The van der Waals surface area contributed by atoms with Gasteiger partial charge >= 0.3 is 5.97 Å². The van der Waals surface area contributed by atoms with Crippen LogP contribution in [0, 0.1) is 0 Å². The van der Waals surface area contributed by atoms with Gasteiger partial charge in [0.2, 0.25) is 5.91 Å². The number of nitrogens with one attached hydrogen (secondary N) is 2. The number of methoxy groups -OCH3 is 1. The molecule has 0 bridgehead atoms. The second-order valence-electron chi connectivity index (χ2n) is 4.60. The maximum absolute atomic E-state index is 11.9. The number of anilines is 2. The Kier molecular flexibility index (Phi) is 5.84. The molecule has 120 valence electrons. The van der Waals surface area contributed by atoms with Gasteiger partial charge in [-0.3, -0.25) is 4.79 Å². The molecule has 23 heavy (non-hydrogen) atoms. The average Bonchev–Trinajstić information content (AvgIpc) is 2.56. The molecule has 0 atom stereocenters. The van der Waals surface area contributed by atoms with Gasteiger partial charge in [-0.05, 0) is 42.5 Å². The summed E-state index contributed by atoms with van der Waals surface area (Å²) in [4.78, 5) is 23.2. The molecule has 0 fully saturated rings. The second-order valence-corrected chi connectivity index (χ2v) is 5.41. The number of amides is 1. The third-order valence-corrected chi connectivity index (χ3v) is 3.70. The smallest absolute Gasteiger partial charge is 0.337 e. The zero-order chi connectivity index (χ0) is 16.8. The van der Waals surface area contributed by atoms with Crippen molar-refractivity contribution < 1.29 is 14.3 Å². The number of halogens is 2. The number of carbonyl (C=O) groups is 2. The summed E-state index contributed by atoms with van der Waals surface area (Å²) in [6, 6.07) is 11.4. The molecule has 0 aliphatic rings. The lowest BCUT2D eigenvalue weighted by molar-refractivity contribution is -0.114. The van der Waals surface area contributed by atoms with Crippen molar-refractivity contribution in [1.29, 1.82) is 0 Å². The van der Waals surface area contributed by atoms with E-state index in [1.165, 1.54) is 7.11 Å². The monoisotopic (exact) mass is 352 g/mol. The van der Waals surface area contributed by atoms with Crippen LogP contribution in [0.5, 0.6) is 0 Å². The molecule has 0 saturated heterocycles. The van der Waals surface area contributed by atoms with Gasteiger partial charge in [0.1, 0.15) is 0 Å². The van der Waals surface area contributed by atoms with E-state index in [1.807, 2.05) is 0 Å².